The van der Waals surface area contributed by atoms with E-state index in [0.29, 0.717) is 0 Å². The number of pyridine rings is 1. The molecule has 0 fully saturated rings. The number of hydrogen-bond acceptors (Lipinski definition) is 3. The number of anilines is 1. The Morgan fingerprint density at radius 3 is 3.00 bits per heavy atom. The SMILES string of the molecule is Nc1cc(Br)c2nc(-c3cccs3)cn2c1. The summed E-state index contributed by atoms with van der Waals surface area (Å²) in [6.45, 7) is 0. The van der Waals surface area contributed by atoms with Crippen LogP contribution in [-0.4, -0.2) is 9.38 Å². The number of thiophene rings is 1. The van der Waals surface area contributed by atoms with Crippen LogP contribution < -0.4 is 5.73 Å². The van der Waals surface area contributed by atoms with Crippen molar-refractivity contribution in [2.45, 2.75) is 0 Å². The van der Waals surface area contributed by atoms with Crippen LogP contribution in [0, 0.1) is 0 Å². The van der Waals surface area contributed by atoms with E-state index >= 15 is 0 Å². The number of hydrogen-bond donors (Lipinski definition) is 1. The Morgan fingerprint density at radius 1 is 1.38 bits per heavy atom. The van der Waals surface area contributed by atoms with Crippen molar-refractivity contribution in [3.05, 3.63) is 40.4 Å². The van der Waals surface area contributed by atoms with Gasteiger partial charge in [0.1, 0.15) is 0 Å². The maximum Gasteiger partial charge on any atom is 0.151 e. The minimum atomic E-state index is 0.717. The summed E-state index contributed by atoms with van der Waals surface area (Å²) in [5, 5.41) is 2.04. The lowest BCUT2D eigenvalue weighted by Crippen LogP contribution is -1.90. The van der Waals surface area contributed by atoms with Crippen molar-refractivity contribution in [1.29, 1.82) is 0 Å². The molecular formula is C11H8BrN3S. The lowest BCUT2D eigenvalue weighted by Gasteiger charge is -1.97. The number of nitrogens with two attached hydrogens (primary N) is 1. The van der Waals surface area contributed by atoms with Gasteiger partial charge < -0.3 is 10.1 Å². The molecule has 16 heavy (non-hydrogen) atoms. The number of rotatable bonds is 1. The van der Waals surface area contributed by atoms with Gasteiger partial charge in [-0.05, 0) is 33.4 Å². The highest BCUT2D eigenvalue weighted by atomic mass is 79.9. The van der Waals surface area contributed by atoms with Crippen molar-refractivity contribution in [3.63, 3.8) is 0 Å². The molecule has 0 aliphatic rings. The van der Waals surface area contributed by atoms with Crippen molar-refractivity contribution >= 4 is 38.6 Å². The van der Waals surface area contributed by atoms with Crippen molar-refractivity contribution in [2.24, 2.45) is 0 Å². The Hall–Kier alpha value is -1.33. The highest BCUT2D eigenvalue weighted by Gasteiger charge is 2.08. The second kappa shape index (κ2) is 3.61. The standard InChI is InChI=1S/C11H8BrN3S/c12-8-4-7(13)5-15-6-9(14-11(8)15)10-2-1-3-16-10/h1-6H,13H2. The molecule has 3 nitrogen and oxygen atoms in total. The quantitative estimate of drug-likeness (QED) is 0.747. The van der Waals surface area contributed by atoms with E-state index in [0.717, 1.165) is 26.4 Å². The van der Waals surface area contributed by atoms with Crippen LogP contribution in [0.25, 0.3) is 16.2 Å². The second-order valence-electron chi connectivity index (χ2n) is 3.46. The number of nitrogens with zero attached hydrogens (tertiary/aromatic N) is 2. The minimum Gasteiger partial charge on any atom is -0.397 e. The van der Waals surface area contributed by atoms with E-state index in [4.69, 9.17) is 5.73 Å². The van der Waals surface area contributed by atoms with Gasteiger partial charge in [0.05, 0.1) is 15.0 Å². The molecule has 2 N–H and O–H groups in total. The minimum absolute atomic E-state index is 0.717. The van der Waals surface area contributed by atoms with E-state index in [1.54, 1.807) is 11.3 Å². The van der Waals surface area contributed by atoms with Crippen molar-refractivity contribution in [1.82, 2.24) is 9.38 Å². The number of imidazole rings is 1. The summed E-state index contributed by atoms with van der Waals surface area (Å²) in [5.74, 6) is 0. The predicted molar refractivity (Wildman–Crippen MR) is 70.6 cm³/mol. The molecule has 80 valence electrons. The first-order valence-electron chi connectivity index (χ1n) is 4.71. The Morgan fingerprint density at radius 2 is 2.25 bits per heavy atom. The van der Waals surface area contributed by atoms with Crippen molar-refractivity contribution in [2.75, 3.05) is 5.73 Å². The molecule has 0 amide bonds. The van der Waals surface area contributed by atoms with Gasteiger partial charge in [-0.1, -0.05) is 6.07 Å². The van der Waals surface area contributed by atoms with Crippen LogP contribution in [0.5, 0.6) is 0 Å². The van der Waals surface area contributed by atoms with E-state index in [9.17, 15) is 0 Å². The van der Waals surface area contributed by atoms with Crippen LogP contribution in [0.4, 0.5) is 5.69 Å². The lowest BCUT2D eigenvalue weighted by molar-refractivity contribution is 1.18. The molecule has 0 saturated heterocycles. The molecule has 5 heteroatoms. The summed E-state index contributed by atoms with van der Waals surface area (Å²) in [5.41, 5.74) is 8.35. The summed E-state index contributed by atoms with van der Waals surface area (Å²) < 4.78 is 2.85. The van der Waals surface area contributed by atoms with Gasteiger partial charge in [0.2, 0.25) is 0 Å². The highest BCUT2D eigenvalue weighted by Crippen LogP contribution is 2.27. The zero-order chi connectivity index (χ0) is 11.1. The number of fused-ring (bicyclic) bond motifs is 1. The summed E-state index contributed by atoms with van der Waals surface area (Å²) in [6, 6.07) is 5.94. The molecule has 0 aliphatic heterocycles. The van der Waals surface area contributed by atoms with Gasteiger partial charge in [0.15, 0.2) is 5.65 Å². The van der Waals surface area contributed by atoms with Gasteiger partial charge in [-0.2, -0.15) is 0 Å². The van der Waals surface area contributed by atoms with Crippen LogP contribution in [0.3, 0.4) is 0 Å². The van der Waals surface area contributed by atoms with Crippen LogP contribution >= 0.6 is 27.3 Å². The van der Waals surface area contributed by atoms with E-state index < -0.39 is 0 Å². The van der Waals surface area contributed by atoms with Gasteiger partial charge in [-0.25, -0.2) is 4.98 Å². The fourth-order valence-corrected chi connectivity index (χ4v) is 2.86. The van der Waals surface area contributed by atoms with E-state index in [1.165, 1.54) is 0 Å². The van der Waals surface area contributed by atoms with E-state index in [2.05, 4.69) is 27.0 Å². The van der Waals surface area contributed by atoms with Gasteiger partial charge in [0.25, 0.3) is 0 Å². The summed E-state index contributed by atoms with van der Waals surface area (Å²) >= 11 is 5.14. The summed E-state index contributed by atoms with van der Waals surface area (Å²) in [4.78, 5) is 5.73. The van der Waals surface area contributed by atoms with Crippen LogP contribution in [0.1, 0.15) is 0 Å². The molecule has 0 saturated carbocycles. The maximum atomic E-state index is 5.78. The highest BCUT2D eigenvalue weighted by molar-refractivity contribution is 9.10. The molecule has 3 aromatic rings. The molecule has 0 unspecified atom stereocenters. The first-order chi connectivity index (χ1) is 7.74. The molecule has 3 heterocycles. The Kier molecular flexibility index (Phi) is 2.22. The topological polar surface area (TPSA) is 43.3 Å². The Bertz CT molecular complexity index is 643. The van der Waals surface area contributed by atoms with Crippen LogP contribution in [-0.2, 0) is 0 Å². The number of aromatic nitrogens is 2. The number of halogens is 1. The van der Waals surface area contributed by atoms with E-state index in [-0.39, 0.29) is 0 Å². The smallest absolute Gasteiger partial charge is 0.151 e. The van der Waals surface area contributed by atoms with Crippen LogP contribution in [0.15, 0.2) is 40.4 Å². The maximum absolute atomic E-state index is 5.78. The summed E-state index contributed by atoms with van der Waals surface area (Å²) in [7, 11) is 0. The molecule has 0 radical (unpaired) electrons. The van der Waals surface area contributed by atoms with Gasteiger partial charge in [-0.3, -0.25) is 0 Å². The Labute approximate surface area is 105 Å². The van der Waals surface area contributed by atoms with Gasteiger partial charge in [-0.15, -0.1) is 11.3 Å². The molecule has 0 bridgehead atoms. The fourth-order valence-electron chi connectivity index (χ4n) is 1.62. The lowest BCUT2D eigenvalue weighted by atomic mass is 10.4. The predicted octanol–water partition coefficient (Wildman–Crippen LogP) is 3.41. The molecule has 3 aromatic heterocycles. The molecule has 0 aliphatic carbocycles. The average Bonchev–Trinajstić information content (AvgIpc) is 2.82. The molecular weight excluding hydrogens is 286 g/mol. The first-order valence-corrected chi connectivity index (χ1v) is 6.39. The zero-order valence-corrected chi connectivity index (χ0v) is 10.6. The van der Waals surface area contributed by atoms with Crippen molar-refractivity contribution in [3.8, 4) is 10.6 Å². The first kappa shape index (κ1) is 9.86. The second-order valence-corrected chi connectivity index (χ2v) is 5.26. The van der Waals surface area contributed by atoms with Crippen molar-refractivity contribution < 1.29 is 0 Å². The normalized spacial score (nSPS) is 11.1. The average molecular weight is 294 g/mol. The van der Waals surface area contributed by atoms with Gasteiger partial charge in [0, 0.05) is 18.1 Å². The molecule has 0 aromatic carbocycles. The zero-order valence-electron chi connectivity index (χ0n) is 8.22. The van der Waals surface area contributed by atoms with E-state index in [1.807, 2.05) is 34.3 Å². The fraction of sp³-hybridized carbons (Fsp3) is 0. The molecule has 3 rings (SSSR count). The monoisotopic (exact) mass is 293 g/mol. The summed E-state index contributed by atoms with van der Waals surface area (Å²) in [6.07, 6.45) is 3.85. The van der Waals surface area contributed by atoms with Gasteiger partial charge >= 0.3 is 0 Å². The third kappa shape index (κ3) is 1.52. The number of nitrogen functional groups attached to an aromatic ring is 1. The Balaban J connectivity index is 2.27. The molecule has 0 spiro atoms. The largest absolute Gasteiger partial charge is 0.397 e. The third-order valence-electron chi connectivity index (χ3n) is 2.30. The van der Waals surface area contributed by atoms with Crippen LogP contribution in [0.2, 0.25) is 0 Å². The molecule has 0 atom stereocenters. The third-order valence-corrected chi connectivity index (χ3v) is 3.78.